The van der Waals surface area contributed by atoms with Crippen LogP contribution in [0.4, 0.5) is 0 Å². The van der Waals surface area contributed by atoms with Gasteiger partial charge >= 0.3 is 0 Å². The third kappa shape index (κ3) is 7.90. The topological polar surface area (TPSA) is 44.4 Å². The minimum absolute atomic E-state index is 0. The van der Waals surface area contributed by atoms with E-state index in [2.05, 4.69) is 15.5 Å². The van der Waals surface area contributed by atoms with Gasteiger partial charge in [-0.2, -0.15) is 0 Å². The first-order valence-corrected chi connectivity index (χ1v) is 6.57. The molecule has 1 amide bonds. The van der Waals surface area contributed by atoms with Gasteiger partial charge in [-0.05, 0) is 59.7 Å². The van der Waals surface area contributed by atoms with Crippen LogP contribution >= 0.6 is 12.4 Å². The zero-order chi connectivity index (χ0) is 12.9. The maximum Gasteiger partial charge on any atom is 0.234 e. The van der Waals surface area contributed by atoms with E-state index in [0.717, 1.165) is 19.6 Å². The van der Waals surface area contributed by atoms with Gasteiger partial charge in [0.05, 0.1) is 6.54 Å². The van der Waals surface area contributed by atoms with Crippen LogP contribution in [0.2, 0.25) is 0 Å². The molecule has 2 N–H and O–H groups in total. The monoisotopic (exact) mass is 277 g/mol. The predicted octanol–water partition coefficient (Wildman–Crippen LogP) is 1.25. The summed E-state index contributed by atoms with van der Waals surface area (Å²) in [5.74, 6) is 0.806. The normalized spacial score (nSPS) is 20.4. The van der Waals surface area contributed by atoms with Gasteiger partial charge in [-0.15, -0.1) is 12.4 Å². The Kier molecular flexibility index (Phi) is 7.83. The molecule has 0 aromatic carbocycles. The van der Waals surface area contributed by atoms with Crippen molar-refractivity contribution < 1.29 is 4.79 Å². The Bertz CT molecular complexity index is 247. The fraction of sp³-hybridized carbons (Fsp3) is 0.923. The Labute approximate surface area is 117 Å². The zero-order valence-electron chi connectivity index (χ0n) is 12.1. The van der Waals surface area contributed by atoms with E-state index >= 15 is 0 Å². The second kappa shape index (κ2) is 7.97. The molecular formula is C13H28ClN3O. The highest BCUT2D eigenvalue weighted by molar-refractivity contribution is 5.85. The van der Waals surface area contributed by atoms with Gasteiger partial charge in [0.25, 0.3) is 0 Å². The maximum absolute atomic E-state index is 11.7. The smallest absolute Gasteiger partial charge is 0.234 e. The molecule has 1 aliphatic heterocycles. The minimum atomic E-state index is -0.135. The molecule has 1 saturated heterocycles. The highest BCUT2D eigenvalue weighted by Gasteiger charge is 2.18. The summed E-state index contributed by atoms with van der Waals surface area (Å²) in [6.07, 6.45) is 2.53. The van der Waals surface area contributed by atoms with Gasteiger partial charge in [0.1, 0.15) is 0 Å². The number of hydrogen-bond acceptors (Lipinski definition) is 3. The summed E-state index contributed by atoms with van der Waals surface area (Å²) in [6.45, 7) is 9.76. The number of rotatable bonds is 4. The lowest BCUT2D eigenvalue weighted by Gasteiger charge is -2.28. The summed E-state index contributed by atoms with van der Waals surface area (Å²) in [5.41, 5.74) is -0.135. The number of nitrogens with one attached hydrogen (secondary N) is 2. The predicted molar refractivity (Wildman–Crippen MR) is 78.2 cm³/mol. The highest BCUT2D eigenvalue weighted by atomic mass is 35.5. The Morgan fingerprint density at radius 3 is 2.61 bits per heavy atom. The molecule has 0 aliphatic carbocycles. The summed E-state index contributed by atoms with van der Waals surface area (Å²) >= 11 is 0. The number of amides is 1. The summed E-state index contributed by atoms with van der Waals surface area (Å²) in [4.78, 5) is 13.9. The van der Waals surface area contributed by atoms with Crippen molar-refractivity contribution in [1.29, 1.82) is 0 Å². The molecule has 0 spiro atoms. The van der Waals surface area contributed by atoms with Crippen LogP contribution in [0.5, 0.6) is 0 Å². The molecular weight excluding hydrogens is 250 g/mol. The van der Waals surface area contributed by atoms with Crippen molar-refractivity contribution in [2.75, 3.05) is 33.2 Å². The van der Waals surface area contributed by atoms with E-state index in [0.29, 0.717) is 12.5 Å². The Morgan fingerprint density at radius 1 is 1.44 bits per heavy atom. The van der Waals surface area contributed by atoms with Gasteiger partial charge in [-0.3, -0.25) is 9.69 Å². The molecule has 1 aliphatic rings. The molecule has 0 radical (unpaired) electrons. The first-order valence-electron chi connectivity index (χ1n) is 6.57. The Morgan fingerprint density at radius 2 is 2.11 bits per heavy atom. The SMILES string of the molecule is CN(CC(=O)NC(C)(C)C)CC1CCCNC1.Cl. The number of nitrogens with zero attached hydrogens (tertiary/aromatic N) is 1. The standard InChI is InChI=1S/C13H27N3O.ClH/c1-13(2,3)15-12(17)10-16(4)9-11-6-5-7-14-8-11;/h11,14H,5-10H2,1-4H3,(H,15,17);1H. The van der Waals surface area contributed by atoms with Crippen LogP contribution < -0.4 is 10.6 Å². The van der Waals surface area contributed by atoms with E-state index in [-0.39, 0.29) is 23.9 Å². The molecule has 1 heterocycles. The van der Waals surface area contributed by atoms with Gasteiger partial charge in [0.2, 0.25) is 5.91 Å². The van der Waals surface area contributed by atoms with Crippen LogP contribution in [0, 0.1) is 5.92 Å². The van der Waals surface area contributed by atoms with Crippen LogP contribution in [-0.2, 0) is 4.79 Å². The quantitative estimate of drug-likeness (QED) is 0.813. The van der Waals surface area contributed by atoms with Crippen molar-refractivity contribution in [2.24, 2.45) is 5.92 Å². The van der Waals surface area contributed by atoms with Gasteiger partial charge in [0.15, 0.2) is 0 Å². The van der Waals surface area contributed by atoms with Gasteiger partial charge in [-0.25, -0.2) is 0 Å². The van der Waals surface area contributed by atoms with Crippen LogP contribution in [0.25, 0.3) is 0 Å². The lowest BCUT2D eigenvalue weighted by Crippen LogP contribution is -2.46. The molecule has 5 heteroatoms. The van der Waals surface area contributed by atoms with Crippen molar-refractivity contribution in [3.63, 3.8) is 0 Å². The van der Waals surface area contributed by atoms with E-state index in [9.17, 15) is 4.79 Å². The fourth-order valence-corrected chi connectivity index (χ4v) is 2.29. The summed E-state index contributed by atoms with van der Waals surface area (Å²) < 4.78 is 0. The summed E-state index contributed by atoms with van der Waals surface area (Å²) in [6, 6.07) is 0. The Hall–Kier alpha value is -0.320. The molecule has 1 fully saturated rings. The van der Waals surface area contributed by atoms with Crippen LogP contribution in [-0.4, -0.2) is 49.6 Å². The summed E-state index contributed by atoms with van der Waals surface area (Å²) in [7, 11) is 2.02. The number of halogens is 1. The van der Waals surface area contributed by atoms with E-state index in [1.54, 1.807) is 0 Å². The minimum Gasteiger partial charge on any atom is -0.350 e. The van der Waals surface area contributed by atoms with E-state index < -0.39 is 0 Å². The van der Waals surface area contributed by atoms with Gasteiger partial charge < -0.3 is 10.6 Å². The number of carbonyl (C=O) groups is 1. The maximum atomic E-state index is 11.7. The van der Waals surface area contributed by atoms with Crippen molar-refractivity contribution in [3.05, 3.63) is 0 Å². The van der Waals surface area contributed by atoms with Crippen LogP contribution in [0.1, 0.15) is 33.6 Å². The van der Waals surface area contributed by atoms with E-state index in [1.807, 2.05) is 27.8 Å². The second-order valence-corrected chi connectivity index (χ2v) is 6.21. The molecule has 18 heavy (non-hydrogen) atoms. The Balaban J connectivity index is 0.00000289. The van der Waals surface area contributed by atoms with E-state index in [4.69, 9.17) is 0 Å². The number of carbonyl (C=O) groups excluding carboxylic acids is 1. The van der Waals surface area contributed by atoms with Crippen molar-refractivity contribution in [2.45, 2.75) is 39.2 Å². The lowest BCUT2D eigenvalue weighted by atomic mass is 9.99. The molecule has 0 aromatic rings. The third-order valence-corrected chi connectivity index (χ3v) is 2.90. The number of hydrogen-bond donors (Lipinski definition) is 2. The number of likely N-dealkylation sites (N-methyl/N-ethyl adjacent to an activating group) is 1. The zero-order valence-corrected chi connectivity index (χ0v) is 12.9. The molecule has 0 aromatic heterocycles. The van der Waals surface area contributed by atoms with Gasteiger partial charge in [-0.1, -0.05) is 0 Å². The van der Waals surface area contributed by atoms with Crippen molar-refractivity contribution >= 4 is 18.3 Å². The lowest BCUT2D eigenvalue weighted by molar-refractivity contribution is -0.123. The van der Waals surface area contributed by atoms with Gasteiger partial charge in [0, 0.05) is 12.1 Å². The van der Waals surface area contributed by atoms with E-state index in [1.165, 1.54) is 12.8 Å². The number of piperidine rings is 1. The van der Waals surface area contributed by atoms with Crippen LogP contribution in [0.3, 0.4) is 0 Å². The van der Waals surface area contributed by atoms with Crippen molar-refractivity contribution in [1.82, 2.24) is 15.5 Å². The largest absolute Gasteiger partial charge is 0.350 e. The molecule has 108 valence electrons. The molecule has 1 atom stereocenters. The summed E-state index contributed by atoms with van der Waals surface area (Å²) in [5, 5.41) is 6.40. The average molecular weight is 278 g/mol. The first kappa shape index (κ1) is 17.7. The second-order valence-electron chi connectivity index (χ2n) is 6.21. The highest BCUT2D eigenvalue weighted by Crippen LogP contribution is 2.10. The average Bonchev–Trinajstić information content (AvgIpc) is 2.15. The first-order chi connectivity index (χ1) is 7.87. The van der Waals surface area contributed by atoms with Crippen LogP contribution in [0.15, 0.2) is 0 Å². The molecule has 1 rings (SSSR count). The van der Waals surface area contributed by atoms with Crippen molar-refractivity contribution in [3.8, 4) is 0 Å². The molecule has 1 unspecified atom stereocenters. The third-order valence-electron chi connectivity index (χ3n) is 2.90. The fourth-order valence-electron chi connectivity index (χ4n) is 2.29. The molecule has 4 nitrogen and oxygen atoms in total. The molecule has 0 bridgehead atoms. The molecule has 0 saturated carbocycles.